The summed E-state index contributed by atoms with van der Waals surface area (Å²) in [5, 5.41) is 7.71. The van der Waals surface area contributed by atoms with Crippen molar-refractivity contribution in [1.82, 2.24) is 15.0 Å². The summed E-state index contributed by atoms with van der Waals surface area (Å²) in [7, 11) is 0. The van der Waals surface area contributed by atoms with E-state index >= 15 is 0 Å². The van der Waals surface area contributed by atoms with Gasteiger partial charge >= 0.3 is 0 Å². The molecule has 0 amide bonds. The third-order valence-electron chi connectivity index (χ3n) is 2.39. The maximum absolute atomic E-state index is 12.2. The standard InChI is InChI=1S/C12H12IN3O/c1-2-7-16-11(8-14-15-16)12(17)9-3-5-10(13)6-4-9/h3-6,8H,2,7H2,1H3. The van der Waals surface area contributed by atoms with Crippen LogP contribution in [0.25, 0.3) is 0 Å². The zero-order valence-corrected chi connectivity index (χ0v) is 11.6. The second kappa shape index (κ2) is 5.39. The van der Waals surface area contributed by atoms with Crippen LogP contribution in [-0.4, -0.2) is 20.8 Å². The topological polar surface area (TPSA) is 47.8 Å². The Hall–Kier alpha value is -1.24. The predicted molar refractivity (Wildman–Crippen MR) is 72.9 cm³/mol. The highest BCUT2D eigenvalue weighted by Crippen LogP contribution is 2.11. The Labute approximate surface area is 113 Å². The second-order valence-corrected chi connectivity index (χ2v) is 4.92. The molecule has 17 heavy (non-hydrogen) atoms. The van der Waals surface area contributed by atoms with Crippen LogP contribution in [0.3, 0.4) is 0 Å². The lowest BCUT2D eigenvalue weighted by atomic mass is 10.1. The van der Waals surface area contributed by atoms with Gasteiger partial charge in [-0.1, -0.05) is 12.1 Å². The van der Waals surface area contributed by atoms with Gasteiger partial charge in [-0.05, 0) is 53.3 Å². The molecule has 1 heterocycles. The SMILES string of the molecule is CCCn1nncc1C(=O)c1ccc(I)cc1. The lowest BCUT2D eigenvalue weighted by molar-refractivity contribution is 0.102. The first-order valence-corrected chi connectivity index (χ1v) is 6.49. The summed E-state index contributed by atoms with van der Waals surface area (Å²) in [4.78, 5) is 12.2. The van der Waals surface area contributed by atoms with Crippen LogP contribution in [0.15, 0.2) is 30.5 Å². The van der Waals surface area contributed by atoms with E-state index in [9.17, 15) is 4.79 Å². The van der Waals surface area contributed by atoms with Crippen LogP contribution < -0.4 is 0 Å². The minimum absolute atomic E-state index is 0.0279. The van der Waals surface area contributed by atoms with E-state index in [4.69, 9.17) is 0 Å². The van der Waals surface area contributed by atoms with E-state index in [1.165, 1.54) is 6.20 Å². The van der Waals surface area contributed by atoms with Crippen molar-refractivity contribution in [3.8, 4) is 0 Å². The van der Waals surface area contributed by atoms with Crippen molar-refractivity contribution in [1.29, 1.82) is 0 Å². The lowest BCUT2D eigenvalue weighted by Gasteiger charge is -2.03. The fourth-order valence-corrected chi connectivity index (χ4v) is 1.92. The van der Waals surface area contributed by atoms with Crippen molar-refractivity contribution >= 4 is 28.4 Å². The number of rotatable bonds is 4. The van der Waals surface area contributed by atoms with Crippen LogP contribution in [0.5, 0.6) is 0 Å². The molecule has 88 valence electrons. The van der Waals surface area contributed by atoms with Crippen LogP contribution in [0.2, 0.25) is 0 Å². The summed E-state index contributed by atoms with van der Waals surface area (Å²) < 4.78 is 2.76. The molecule has 0 spiro atoms. The first-order chi connectivity index (χ1) is 8.22. The van der Waals surface area contributed by atoms with Crippen LogP contribution in [0.1, 0.15) is 29.4 Å². The van der Waals surface area contributed by atoms with Gasteiger partial charge in [0.25, 0.3) is 0 Å². The normalized spacial score (nSPS) is 10.5. The Balaban J connectivity index is 2.30. The smallest absolute Gasteiger partial charge is 0.212 e. The Kier molecular flexibility index (Phi) is 3.88. The highest BCUT2D eigenvalue weighted by molar-refractivity contribution is 14.1. The van der Waals surface area contributed by atoms with Crippen molar-refractivity contribution in [2.45, 2.75) is 19.9 Å². The minimum atomic E-state index is -0.0279. The zero-order chi connectivity index (χ0) is 12.3. The highest BCUT2D eigenvalue weighted by Gasteiger charge is 2.14. The molecule has 2 aromatic rings. The number of halogens is 1. The number of hydrogen-bond acceptors (Lipinski definition) is 3. The van der Waals surface area contributed by atoms with Gasteiger partial charge in [-0.25, -0.2) is 4.68 Å². The number of carbonyl (C=O) groups excluding carboxylic acids is 1. The van der Waals surface area contributed by atoms with Gasteiger partial charge in [0.2, 0.25) is 5.78 Å². The molecule has 0 saturated carbocycles. The average molecular weight is 341 g/mol. The average Bonchev–Trinajstić information content (AvgIpc) is 2.78. The van der Waals surface area contributed by atoms with E-state index < -0.39 is 0 Å². The van der Waals surface area contributed by atoms with Crippen molar-refractivity contribution in [3.05, 3.63) is 45.3 Å². The maximum atomic E-state index is 12.2. The molecule has 0 aliphatic heterocycles. The van der Waals surface area contributed by atoms with Gasteiger partial charge in [-0.3, -0.25) is 4.79 Å². The number of benzene rings is 1. The molecule has 0 atom stereocenters. The Morgan fingerprint density at radius 1 is 1.35 bits per heavy atom. The van der Waals surface area contributed by atoms with E-state index in [0.717, 1.165) is 9.99 Å². The molecule has 2 rings (SSSR count). The van der Waals surface area contributed by atoms with Crippen molar-refractivity contribution in [2.24, 2.45) is 0 Å². The molecule has 1 aromatic heterocycles. The van der Waals surface area contributed by atoms with Gasteiger partial charge in [0.15, 0.2) is 0 Å². The molecule has 0 fully saturated rings. The number of aromatic nitrogens is 3. The largest absolute Gasteiger partial charge is 0.287 e. The number of nitrogens with zero attached hydrogens (tertiary/aromatic N) is 3. The summed E-state index contributed by atoms with van der Waals surface area (Å²) in [6, 6.07) is 7.49. The van der Waals surface area contributed by atoms with E-state index in [0.29, 0.717) is 17.8 Å². The minimum Gasteiger partial charge on any atom is -0.287 e. The fourth-order valence-electron chi connectivity index (χ4n) is 1.56. The van der Waals surface area contributed by atoms with Crippen LogP contribution >= 0.6 is 22.6 Å². The molecular formula is C12H12IN3O. The molecule has 5 heteroatoms. The van der Waals surface area contributed by atoms with Crippen LogP contribution in [-0.2, 0) is 6.54 Å². The summed E-state index contributed by atoms with van der Waals surface area (Å²) >= 11 is 2.21. The van der Waals surface area contributed by atoms with Gasteiger partial charge < -0.3 is 0 Å². The number of ketones is 1. The van der Waals surface area contributed by atoms with Crippen molar-refractivity contribution < 1.29 is 4.79 Å². The van der Waals surface area contributed by atoms with Gasteiger partial charge in [0.05, 0.1) is 6.20 Å². The van der Waals surface area contributed by atoms with Gasteiger partial charge in [-0.2, -0.15) is 0 Å². The van der Waals surface area contributed by atoms with Crippen LogP contribution in [0.4, 0.5) is 0 Å². The molecule has 4 nitrogen and oxygen atoms in total. The molecule has 0 aliphatic rings. The molecule has 0 radical (unpaired) electrons. The first-order valence-electron chi connectivity index (χ1n) is 5.41. The first kappa shape index (κ1) is 12.2. The number of hydrogen-bond donors (Lipinski definition) is 0. The molecule has 0 bridgehead atoms. The molecule has 0 unspecified atom stereocenters. The monoisotopic (exact) mass is 341 g/mol. The molecular weight excluding hydrogens is 329 g/mol. The number of aryl methyl sites for hydroxylation is 1. The summed E-state index contributed by atoms with van der Waals surface area (Å²) in [6.07, 6.45) is 2.45. The van der Waals surface area contributed by atoms with Crippen molar-refractivity contribution in [2.75, 3.05) is 0 Å². The van der Waals surface area contributed by atoms with Gasteiger partial charge in [0.1, 0.15) is 5.69 Å². The lowest BCUT2D eigenvalue weighted by Crippen LogP contribution is -2.11. The van der Waals surface area contributed by atoms with E-state index in [2.05, 4.69) is 32.9 Å². The molecule has 0 aliphatic carbocycles. The van der Waals surface area contributed by atoms with E-state index in [-0.39, 0.29) is 5.78 Å². The Morgan fingerprint density at radius 3 is 2.71 bits per heavy atom. The fraction of sp³-hybridized carbons (Fsp3) is 0.250. The quantitative estimate of drug-likeness (QED) is 0.634. The summed E-state index contributed by atoms with van der Waals surface area (Å²) in [5.74, 6) is -0.0279. The second-order valence-electron chi connectivity index (χ2n) is 3.68. The summed E-state index contributed by atoms with van der Waals surface area (Å²) in [6.45, 7) is 2.76. The Bertz CT molecular complexity index is 519. The van der Waals surface area contributed by atoms with Crippen LogP contribution in [0, 0.1) is 3.57 Å². The highest BCUT2D eigenvalue weighted by atomic mass is 127. The van der Waals surface area contributed by atoms with E-state index in [1.54, 1.807) is 4.68 Å². The summed E-state index contributed by atoms with van der Waals surface area (Å²) in [5.41, 5.74) is 1.22. The molecule has 1 aromatic carbocycles. The van der Waals surface area contributed by atoms with Crippen molar-refractivity contribution in [3.63, 3.8) is 0 Å². The Morgan fingerprint density at radius 2 is 2.06 bits per heavy atom. The molecule has 0 N–H and O–H groups in total. The predicted octanol–water partition coefficient (Wildman–Crippen LogP) is 2.52. The van der Waals surface area contributed by atoms with Gasteiger partial charge in [0, 0.05) is 15.7 Å². The molecule has 0 saturated heterocycles. The van der Waals surface area contributed by atoms with E-state index in [1.807, 2.05) is 31.2 Å². The third kappa shape index (κ3) is 2.71. The zero-order valence-electron chi connectivity index (χ0n) is 9.43. The van der Waals surface area contributed by atoms with Gasteiger partial charge in [-0.15, -0.1) is 5.10 Å². The number of carbonyl (C=O) groups is 1. The third-order valence-corrected chi connectivity index (χ3v) is 3.11. The maximum Gasteiger partial charge on any atom is 0.212 e.